The number of nitrogens with zero attached hydrogens (tertiary/aromatic N) is 4. The van der Waals surface area contributed by atoms with E-state index in [0.29, 0.717) is 38.8 Å². The fourth-order valence-corrected chi connectivity index (χ4v) is 4.49. The molecule has 4 rings (SSSR count). The number of aryl methyl sites for hydroxylation is 2. The molecule has 1 aliphatic heterocycles. The van der Waals surface area contributed by atoms with E-state index >= 15 is 0 Å². The average Bonchev–Trinajstić information content (AvgIpc) is 3.29. The molecular weight excluding hydrogens is 526 g/mol. The van der Waals surface area contributed by atoms with Crippen LogP contribution in [-0.4, -0.2) is 58.1 Å². The summed E-state index contributed by atoms with van der Waals surface area (Å²) in [7, 11) is 1.53. The van der Waals surface area contributed by atoms with E-state index in [-0.39, 0.29) is 11.5 Å². The van der Waals surface area contributed by atoms with Gasteiger partial charge < -0.3 is 14.2 Å². The van der Waals surface area contributed by atoms with Gasteiger partial charge in [-0.2, -0.15) is 0 Å². The van der Waals surface area contributed by atoms with Crippen molar-refractivity contribution in [2.24, 2.45) is 5.92 Å². The zero-order valence-corrected chi connectivity index (χ0v) is 24.6. The zero-order chi connectivity index (χ0) is 27.9. The van der Waals surface area contributed by atoms with Crippen molar-refractivity contribution >= 4 is 34.0 Å². The van der Waals surface area contributed by atoms with Gasteiger partial charge in [-0.1, -0.05) is 43.2 Å². The van der Waals surface area contributed by atoms with Crippen LogP contribution in [0.5, 0.6) is 5.75 Å². The number of nitrogens with one attached hydrogen (secondary N) is 1. The summed E-state index contributed by atoms with van der Waals surface area (Å²) in [6.45, 7) is 13.8. The van der Waals surface area contributed by atoms with Crippen LogP contribution in [-0.2, 0) is 9.47 Å². The van der Waals surface area contributed by atoms with Crippen LogP contribution in [0.25, 0.3) is 11.1 Å². The molecule has 2 unspecified atom stereocenters. The molecule has 4 heterocycles. The SMILES string of the molecule is CCC(C)CC1COC(C)(C)CO1.COc1cnc(Cl)cc1-c1cc(C)ncc1C(=O)Nc1nnc(C)s1. The van der Waals surface area contributed by atoms with Crippen molar-refractivity contribution in [1.82, 2.24) is 20.2 Å². The van der Waals surface area contributed by atoms with Crippen LogP contribution in [0.1, 0.15) is 61.6 Å². The Morgan fingerprint density at radius 3 is 2.61 bits per heavy atom. The smallest absolute Gasteiger partial charge is 0.259 e. The summed E-state index contributed by atoms with van der Waals surface area (Å²) in [6, 6.07) is 3.45. The molecule has 1 fully saturated rings. The molecule has 11 heteroatoms. The first-order valence-electron chi connectivity index (χ1n) is 12.5. The Kier molecular flexibility index (Phi) is 10.6. The van der Waals surface area contributed by atoms with Crippen molar-refractivity contribution < 1.29 is 19.0 Å². The standard InChI is InChI=1S/C16H14ClN5O2S.C11H22O2/c1-8-4-10(11-5-14(17)19-7-13(11)24-3)12(6-18-8)15(23)20-16-22-21-9(2)25-16;1-5-9(2)6-10-7-13-11(3,4)8-12-10/h4-7H,1-3H3,(H,20,22,23);9-10H,5-8H2,1-4H3. The Morgan fingerprint density at radius 2 is 2.00 bits per heavy atom. The molecule has 2 atom stereocenters. The second-order valence-electron chi connectivity index (χ2n) is 9.91. The highest BCUT2D eigenvalue weighted by atomic mass is 35.5. The Morgan fingerprint density at radius 1 is 1.24 bits per heavy atom. The molecule has 38 heavy (non-hydrogen) atoms. The number of anilines is 1. The maximum Gasteiger partial charge on any atom is 0.259 e. The maximum absolute atomic E-state index is 12.7. The van der Waals surface area contributed by atoms with E-state index < -0.39 is 0 Å². The van der Waals surface area contributed by atoms with Gasteiger partial charge in [0, 0.05) is 23.0 Å². The monoisotopic (exact) mass is 561 g/mol. The topological polar surface area (TPSA) is 108 Å². The van der Waals surface area contributed by atoms with Crippen LogP contribution >= 0.6 is 22.9 Å². The number of ether oxygens (including phenoxy) is 3. The molecule has 3 aromatic heterocycles. The third kappa shape index (κ3) is 8.42. The van der Waals surface area contributed by atoms with Gasteiger partial charge in [-0.25, -0.2) is 4.98 Å². The minimum absolute atomic E-state index is 0.0774. The lowest BCUT2D eigenvalue weighted by Gasteiger charge is -2.35. The summed E-state index contributed by atoms with van der Waals surface area (Å²) >= 11 is 7.32. The van der Waals surface area contributed by atoms with E-state index in [1.807, 2.05) is 13.8 Å². The molecule has 1 aliphatic rings. The van der Waals surface area contributed by atoms with Crippen molar-refractivity contribution in [3.63, 3.8) is 0 Å². The Balaban J connectivity index is 0.000000260. The van der Waals surface area contributed by atoms with Gasteiger partial charge in [0.25, 0.3) is 5.91 Å². The Labute approximate surface area is 233 Å². The summed E-state index contributed by atoms with van der Waals surface area (Å²) in [5.41, 5.74) is 2.36. The van der Waals surface area contributed by atoms with Crippen LogP contribution in [0.15, 0.2) is 24.5 Å². The number of carbonyl (C=O) groups excluding carboxylic acids is 1. The molecule has 0 saturated carbocycles. The quantitative estimate of drug-likeness (QED) is 0.342. The van der Waals surface area contributed by atoms with Gasteiger partial charge in [-0.05, 0) is 52.2 Å². The van der Waals surface area contributed by atoms with Gasteiger partial charge in [-0.15, -0.1) is 10.2 Å². The van der Waals surface area contributed by atoms with Gasteiger partial charge in [0.05, 0.1) is 43.8 Å². The molecule has 0 aromatic carbocycles. The first kappa shape index (κ1) is 29.9. The van der Waals surface area contributed by atoms with Crippen LogP contribution in [0.2, 0.25) is 5.15 Å². The van der Waals surface area contributed by atoms with E-state index in [1.165, 1.54) is 37.3 Å². The predicted octanol–water partition coefficient (Wildman–Crippen LogP) is 6.14. The molecule has 0 spiro atoms. The van der Waals surface area contributed by atoms with E-state index in [0.717, 1.165) is 36.3 Å². The van der Waals surface area contributed by atoms with E-state index in [4.69, 9.17) is 25.8 Å². The van der Waals surface area contributed by atoms with Gasteiger partial charge in [0.1, 0.15) is 15.9 Å². The third-order valence-electron chi connectivity index (χ3n) is 6.06. The Bertz CT molecular complexity index is 1230. The fraction of sp³-hybridized carbons (Fsp3) is 0.519. The second-order valence-corrected chi connectivity index (χ2v) is 11.5. The van der Waals surface area contributed by atoms with Crippen molar-refractivity contribution in [2.75, 3.05) is 25.6 Å². The van der Waals surface area contributed by atoms with Gasteiger partial charge in [0.15, 0.2) is 0 Å². The molecule has 9 nitrogen and oxygen atoms in total. The number of amides is 1. The van der Waals surface area contributed by atoms with Crippen molar-refractivity contribution in [3.8, 4) is 16.9 Å². The lowest BCUT2D eigenvalue weighted by atomic mass is 10.00. The molecule has 1 N–H and O–H groups in total. The zero-order valence-electron chi connectivity index (χ0n) is 23.0. The number of pyridine rings is 2. The number of halogens is 1. The van der Waals surface area contributed by atoms with Crippen LogP contribution in [0.3, 0.4) is 0 Å². The molecular formula is C27H36ClN5O4S. The first-order valence-corrected chi connectivity index (χ1v) is 13.7. The van der Waals surface area contributed by atoms with Crippen LogP contribution in [0, 0.1) is 19.8 Å². The minimum atomic E-state index is -0.339. The number of rotatable bonds is 7. The third-order valence-corrected chi connectivity index (χ3v) is 7.03. The highest BCUT2D eigenvalue weighted by Crippen LogP contribution is 2.34. The molecule has 1 amide bonds. The molecule has 1 saturated heterocycles. The lowest BCUT2D eigenvalue weighted by molar-refractivity contribution is -0.178. The summed E-state index contributed by atoms with van der Waals surface area (Å²) in [5, 5.41) is 12.0. The molecule has 206 valence electrons. The van der Waals surface area contributed by atoms with E-state index in [1.54, 1.807) is 12.1 Å². The summed E-state index contributed by atoms with van der Waals surface area (Å²) in [5.74, 6) is 0.916. The second kappa shape index (κ2) is 13.4. The highest BCUT2D eigenvalue weighted by Gasteiger charge is 2.28. The summed E-state index contributed by atoms with van der Waals surface area (Å²) in [4.78, 5) is 21.0. The summed E-state index contributed by atoms with van der Waals surface area (Å²) < 4.78 is 16.8. The molecule has 0 aliphatic carbocycles. The number of hydrogen-bond donors (Lipinski definition) is 1. The van der Waals surface area contributed by atoms with Crippen molar-refractivity contribution in [1.29, 1.82) is 0 Å². The predicted molar refractivity (Wildman–Crippen MR) is 150 cm³/mol. The van der Waals surface area contributed by atoms with Gasteiger partial charge >= 0.3 is 0 Å². The number of aromatic nitrogens is 4. The molecule has 0 bridgehead atoms. The average molecular weight is 562 g/mol. The maximum atomic E-state index is 12.7. The summed E-state index contributed by atoms with van der Waals surface area (Å²) in [6.07, 6.45) is 5.71. The van der Waals surface area contributed by atoms with E-state index in [9.17, 15) is 4.79 Å². The highest BCUT2D eigenvalue weighted by molar-refractivity contribution is 7.15. The largest absolute Gasteiger partial charge is 0.494 e. The fourth-order valence-electron chi connectivity index (χ4n) is 3.74. The number of carbonyl (C=O) groups is 1. The number of methoxy groups -OCH3 is 1. The van der Waals surface area contributed by atoms with Gasteiger partial charge in [0.2, 0.25) is 5.13 Å². The van der Waals surface area contributed by atoms with Crippen molar-refractivity contribution in [2.45, 2.75) is 66.1 Å². The first-order chi connectivity index (χ1) is 18.0. The van der Waals surface area contributed by atoms with Crippen molar-refractivity contribution in [3.05, 3.63) is 45.9 Å². The minimum Gasteiger partial charge on any atom is -0.494 e. The van der Waals surface area contributed by atoms with E-state index in [2.05, 4.69) is 53.2 Å². The molecule has 3 aromatic rings. The Hall–Kier alpha value is -2.66. The number of hydrogen-bond acceptors (Lipinski definition) is 9. The van der Waals surface area contributed by atoms with Gasteiger partial charge in [-0.3, -0.25) is 15.1 Å². The molecule has 0 radical (unpaired) electrons. The van der Waals surface area contributed by atoms with Crippen LogP contribution < -0.4 is 10.1 Å². The van der Waals surface area contributed by atoms with Crippen LogP contribution in [0.4, 0.5) is 5.13 Å². The normalized spacial score (nSPS) is 17.2. The lowest BCUT2D eigenvalue weighted by Crippen LogP contribution is -2.42.